The van der Waals surface area contributed by atoms with E-state index < -0.39 is 0 Å². The fraction of sp³-hybridized carbons (Fsp3) is 0.174. The van der Waals surface area contributed by atoms with Crippen LogP contribution in [-0.4, -0.2) is 19.9 Å². The molecule has 0 saturated carbocycles. The number of anilines is 1. The van der Waals surface area contributed by atoms with Gasteiger partial charge in [0.05, 0.1) is 31.2 Å². The van der Waals surface area contributed by atoms with Crippen LogP contribution in [0.15, 0.2) is 76.3 Å². The van der Waals surface area contributed by atoms with Gasteiger partial charge in [-0.1, -0.05) is 46.3 Å². The molecule has 1 aliphatic heterocycles. The van der Waals surface area contributed by atoms with Gasteiger partial charge in [0, 0.05) is 23.0 Å². The molecule has 0 bridgehead atoms. The number of fused-ring (bicyclic) bond motifs is 1. The van der Waals surface area contributed by atoms with Crippen molar-refractivity contribution in [1.82, 2.24) is 0 Å². The lowest BCUT2D eigenvalue weighted by Gasteiger charge is -2.29. The largest absolute Gasteiger partial charge is 0.496 e. The Morgan fingerprint density at radius 3 is 2.45 bits per heavy atom. The third-order valence-electron chi connectivity index (χ3n) is 4.77. The zero-order chi connectivity index (χ0) is 20.2. The smallest absolute Gasteiger partial charge is 0.136 e. The van der Waals surface area contributed by atoms with Crippen LogP contribution in [0.2, 0.25) is 0 Å². The predicted molar refractivity (Wildman–Crippen MR) is 118 cm³/mol. The summed E-state index contributed by atoms with van der Waals surface area (Å²) in [4.78, 5) is 0. The molecule has 148 valence electrons. The van der Waals surface area contributed by atoms with Crippen molar-refractivity contribution in [2.24, 2.45) is 5.10 Å². The van der Waals surface area contributed by atoms with Crippen LogP contribution in [0.3, 0.4) is 0 Å². The molecule has 1 atom stereocenters. The van der Waals surface area contributed by atoms with Gasteiger partial charge in [0.1, 0.15) is 23.4 Å². The lowest BCUT2D eigenvalue weighted by Crippen LogP contribution is -2.22. The highest BCUT2D eigenvalue weighted by Gasteiger charge is 2.30. The average molecular weight is 453 g/mol. The highest BCUT2D eigenvalue weighted by Crippen LogP contribution is 2.42. The number of hydrogen-bond acceptors (Lipinski definition) is 5. The van der Waals surface area contributed by atoms with Crippen LogP contribution in [0, 0.1) is 0 Å². The second-order valence-electron chi connectivity index (χ2n) is 6.60. The molecule has 1 unspecified atom stereocenters. The summed E-state index contributed by atoms with van der Waals surface area (Å²) in [5.74, 6) is 2.04. The van der Waals surface area contributed by atoms with Crippen molar-refractivity contribution in [3.63, 3.8) is 0 Å². The number of hydrazone groups is 1. The molecular weight excluding hydrogens is 432 g/mol. The van der Waals surface area contributed by atoms with Gasteiger partial charge in [0.2, 0.25) is 0 Å². The molecule has 1 aliphatic rings. The second-order valence-corrected chi connectivity index (χ2v) is 7.52. The molecule has 0 spiro atoms. The highest BCUT2D eigenvalue weighted by molar-refractivity contribution is 9.10. The van der Waals surface area contributed by atoms with Gasteiger partial charge in [0.25, 0.3) is 0 Å². The molecule has 1 heterocycles. The summed E-state index contributed by atoms with van der Waals surface area (Å²) in [6.07, 6.45) is 0.467. The van der Waals surface area contributed by atoms with Crippen molar-refractivity contribution < 1.29 is 14.2 Å². The van der Waals surface area contributed by atoms with Gasteiger partial charge in [-0.2, -0.15) is 5.10 Å². The van der Waals surface area contributed by atoms with Crippen molar-refractivity contribution in [1.29, 1.82) is 0 Å². The van der Waals surface area contributed by atoms with E-state index in [9.17, 15) is 0 Å². The number of hydrogen-bond donors (Lipinski definition) is 1. The quantitative estimate of drug-likeness (QED) is 0.496. The molecule has 0 radical (unpaired) electrons. The first-order valence-electron chi connectivity index (χ1n) is 9.24. The maximum atomic E-state index is 6.33. The maximum absolute atomic E-state index is 6.33. The monoisotopic (exact) mass is 452 g/mol. The number of nitrogens with one attached hydrogen (secondary N) is 1. The Hall–Kier alpha value is -2.99. The van der Waals surface area contributed by atoms with Crippen LogP contribution < -0.4 is 19.6 Å². The van der Waals surface area contributed by atoms with E-state index in [-0.39, 0.29) is 6.10 Å². The molecule has 0 aliphatic carbocycles. The Balaban J connectivity index is 1.76. The van der Waals surface area contributed by atoms with E-state index >= 15 is 0 Å². The van der Waals surface area contributed by atoms with Gasteiger partial charge < -0.3 is 14.2 Å². The molecule has 0 saturated heterocycles. The minimum Gasteiger partial charge on any atom is -0.496 e. The topological polar surface area (TPSA) is 52.1 Å². The first-order valence-corrected chi connectivity index (χ1v) is 10.0. The van der Waals surface area contributed by atoms with Gasteiger partial charge in [-0.15, -0.1) is 0 Å². The molecule has 1 N–H and O–H groups in total. The minimum absolute atomic E-state index is 0.147. The Morgan fingerprint density at radius 1 is 1.00 bits per heavy atom. The molecular formula is C23H21BrN2O3. The van der Waals surface area contributed by atoms with Gasteiger partial charge in [0.15, 0.2) is 0 Å². The highest BCUT2D eigenvalue weighted by atomic mass is 79.9. The molecule has 0 fully saturated rings. The van der Waals surface area contributed by atoms with Crippen LogP contribution in [-0.2, 0) is 0 Å². The van der Waals surface area contributed by atoms with E-state index in [1.165, 1.54) is 0 Å². The fourth-order valence-electron chi connectivity index (χ4n) is 3.31. The summed E-state index contributed by atoms with van der Waals surface area (Å²) in [6.45, 7) is 0. The van der Waals surface area contributed by atoms with Crippen molar-refractivity contribution in [3.8, 4) is 17.2 Å². The number of benzene rings is 3. The number of halogens is 1. The van der Waals surface area contributed by atoms with E-state index in [4.69, 9.17) is 19.3 Å². The first-order chi connectivity index (χ1) is 14.2. The Morgan fingerprint density at radius 2 is 1.76 bits per heavy atom. The number of nitrogens with zero attached hydrogens (tertiary/aromatic N) is 1. The van der Waals surface area contributed by atoms with Gasteiger partial charge in [-0.05, 0) is 29.8 Å². The van der Waals surface area contributed by atoms with Crippen molar-refractivity contribution >= 4 is 27.3 Å². The lowest BCUT2D eigenvalue weighted by molar-refractivity contribution is 0.204. The summed E-state index contributed by atoms with van der Waals surface area (Å²) in [7, 11) is 3.26. The summed E-state index contributed by atoms with van der Waals surface area (Å²) < 4.78 is 18.4. The third-order valence-corrected chi connectivity index (χ3v) is 5.30. The molecule has 4 rings (SSSR count). The standard InChI is InChI=1S/C23H21BrN2O3/c1-27-18-12-21(28-2)23-19(26-25-17-10-8-16(24)9-11-17)14-20(29-22(23)13-18)15-6-4-3-5-7-15/h3-13,20,25H,14H2,1-2H3/b26-19+. The Bertz CT molecular complexity index is 1020. The summed E-state index contributed by atoms with van der Waals surface area (Å²) in [5.41, 5.74) is 6.85. The van der Waals surface area contributed by atoms with Crippen LogP contribution >= 0.6 is 15.9 Å². The molecule has 6 heteroatoms. The van der Waals surface area contributed by atoms with Crippen LogP contribution in [0.5, 0.6) is 17.2 Å². The van der Waals surface area contributed by atoms with E-state index in [0.717, 1.165) is 27.0 Å². The van der Waals surface area contributed by atoms with Gasteiger partial charge >= 0.3 is 0 Å². The van der Waals surface area contributed by atoms with Gasteiger partial charge in [-0.25, -0.2) is 0 Å². The summed E-state index contributed by atoms with van der Waals surface area (Å²) in [5, 5.41) is 4.71. The van der Waals surface area contributed by atoms with E-state index in [0.29, 0.717) is 23.7 Å². The number of ether oxygens (including phenoxy) is 3. The maximum Gasteiger partial charge on any atom is 0.136 e. The number of methoxy groups -OCH3 is 2. The second kappa shape index (κ2) is 8.57. The van der Waals surface area contributed by atoms with E-state index in [1.807, 2.05) is 54.6 Å². The van der Waals surface area contributed by atoms with Crippen molar-refractivity contribution in [3.05, 3.63) is 82.3 Å². The predicted octanol–water partition coefficient (Wildman–Crippen LogP) is 5.81. The first kappa shape index (κ1) is 19.3. The van der Waals surface area contributed by atoms with Crippen molar-refractivity contribution in [2.75, 3.05) is 19.6 Å². The molecule has 3 aromatic rings. The lowest BCUT2D eigenvalue weighted by atomic mass is 9.94. The number of rotatable bonds is 5. The SMILES string of the molecule is COc1cc(OC)c2c(c1)OC(c1ccccc1)C/C2=N\Nc1ccc(Br)cc1. The van der Waals surface area contributed by atoms with Gasteiger partial charge in [-0.3, -0.25) is 5.43 Å². The van der Waals surface area contributed by atoms with Crippen molar-refractivity contribution in [2.45, 2.75) is 12.5 Å². The van der Waals surface area contributed by atoms with E-state index in [2.05, 4.69) is 33.5 Å². The summed E-state index contributed by atoms with van der Waals surface area (Å²) >= 11 is 3.45. The molecule has 0 amide bonds. The molecule has 3 aromatic carbocycles. The summed E-state index contributed by atoms with van der Waals surface area (Å²) in [6, 6.07) is 21.7. The fourth-order valence-corrected chi connectivity index (χ4v) is 3.57. The van der Waals surface area contributed by atoms with Crippen LogP contribution in [0.1, 0.15) is 23.7 Å². The van der Waals surface area contributed by atoms with Crippen LogP contribution in [0.25, 0.3) is 0 Å². The zero-order valence-corrected chi connectivity index (χ0v) is 17.8. The van der Waals surface area contributed by atoms with E-state index in [1.54, 1.807) is 14.2 Å². The third kappa shape index (κ3) is 4.22. The molecule has 5 nitrogen and oxygen atoms in total. The van der Waals surface area contributed by atoms with Crippen LogP contribution in [0.4, 0.5) is 5.69 Å². The zero-order valence-electron chi connectivity index (χ0n) is 16.2. The average Bonchev–Trinajstić information content (AvgIpc) is 2.78. The molecule has 0 aromatic heterocycles. The normalized spacial score (nSPS) is 16.7. The Kier molecular flexibility index (Phi) is 5.71. The minimum atomic E-state index is -0.147. The molecule has 29 heavy (non-hydrogen) atoms. The Labute approximate surface area is 178 Å².